The third-order valence-corrected chi connectivity index (χ3v) is 3.88. The van der Waals surface area contributed by atoms with Crippen LogP contribution in [0.15, 0.2) is 18.2 Å². The molecule has 2 rings (SSSR count). The number of aliphatic hydroxyl groups is 1. The zero-order valence-electron chi connectivity index (χ0n) is 10.4. The largest absolute Gasteiger partial charge is 0.393 e. The molecule has 0 amide bonds. The normalized spacial score (nSPS) is 22.8. The number of nitriles is 1. The molecule has 4 heteroatoms. The molecule has 2 unspecified atom stereocenters. The molecular formula is C14H17ClN2O. The minimum atomic E-state index is -0.182. The first kappa shape index (κ1) is 13.2. The van der Waals surface area contributed by atoms with Crippen LogP contribution in [-0.4, -0.2) is 23.8 Å². The van der Waals surface area contributed by atoms with Gasteiger partial charge in [-0.15, -0.1) is 0 Å². The molecule has 96 valence electrons. The zero-order valence-corrected chi connectivity index (χ0v) is 11.2. The summed E-state index contributed by atoms with van der Waals surface area (Å²) >= 11 is 6.07. The molecule has 1 N–H and O–H groups in total. The lowest BCUT2D eigenvalue weighted by Crippen LogP contribution is -2.33. The standard InChI is InChI=1S/C14H17ClN2O/c1-2-17(11-5-6-13(18)7-11)12-4-3-10(9-16)14(15)8-12/h3-4,8,11,13,18H,2,5-7H2,1H3. The second-order valence-corrected chi connectivity index (χ2v) is 5.09. The highest BCUT2D eigenvalue weighted by atomic mass is 35.5. The summed E-state index contributed by atoms with van der Waals surface area (Å²) in [6, 6.07) is 7.96. The van der Waals surface area contributed by atoms with E-state index in [1.807, 2.05) is 12.1 Å². The van der Waals surface area contributed by atoms with Gasteiger partial charge in [0.1, 0.15) is 6.07 Å². The van der Waals surface area contributed by atoms with Crippen molar-refractivity contribution < 1.29 is 5.11 Å². The summed E-state index contributed by atoms with van der Waals surface area (Å²) in [5.74, 6) is 0. The van der Waals surface area contributed by atoms with E-state index in [2.05, 4.69) is 17.9 Å². The lowest BCUT2D eigenvalue weighted by molar-refractivity contribution is 0.181. The quantitative estimate of drug-likeness (QED) is 0.913. The maximum Gasteiger partial charge on any atom is 0.101 e. The van der Waals surface area contributed by atoms with Gasteiger partial charge in [0.2, 0.25) is 0 Å². The smallest absolute Gasteiger partial charge is 0.101 e. The molecule has 0 radical (unpaired) electrons. The summed E-state index contributed by atoms with van der Waals surface area (Å²) in [4.78, 5) is 2.25. The van der Waals surface area contributed by atoms with Gasteiger partial charge in [-0.2, -0.15) is 5.26 Å². The van der Waals surface area contributed by atoms with E-state index in [4.69, 9.17) is 16.9 Å². The molecule has 0 bridgehead atoms. The maximum atomic E-state index is 9.63. The fourth-order valence-electron chi connectivity index (χ4n) is 2.64. The first-order valence-corrected chi connectivity index (χ1v) is 6.67. The minimum absolute atomic E-state index is 0.182. The van der Waals surface area contributed by atoms with Crippen molar-refractivity contribution in [1.29, 1.82) is 5.26 Å². The van der Waals surface area contributed by atoms with E-state index in [-0.39, 0.29) is 6.10 Å². The molecule has 0 aromatic heterocycles. The van der Waals surface area contributed by atoms with E-state index < -0.39 is 0 Å². The first-order chi connectivity index (χ1) is 8.65. The first-order valence-electron chi connectivity index (χ1n) is 6.30. The van der Waals surface area contributed by atoms with Gasteiger partial charge in [-0.1, -0.05) is 11.6 Å². The van der Waals surface area contributed by atoms with E-state index in [0.717, 1.165) is 31.5 Å². The number of hydrogen-bond acceptors (Lipinski definition) is 3. The molecule has 0 heterocycles. The Bertz CT molecular complexity index is 469. The monoisotopic (exact) mass is 264 g/mol. The average molecular weight is 265 g/mol. The summed E-state index contributed by atoms with van der Waals surface area (Å²) in [6.07, 6.45) is 2.50. The van der Waals surface area contributed by atoms with Crippen molar-refractivity contribution >= 4 is 17.3 Å². The highest BCUT2D eigenvalue weighted by Crippen LogP contribution is 2.30. The molecule has 0 aliphatic heterocycles. The number of anilines is 1. The Morgan fingerprint density at radius 3 is 2.78 bits per heavy atom. The zero-order chi connectivity index (χ0) is 13.1. The van der Waals surface area contributed by atoms with Crippen LogP contribution in [0.1, 0.15) is 31.7 Å². The molecular weight excluding hydrogens is 248 g/mol. The SMILES string of the molecule is CCN(c1ccc(C#N)c(Cl)c1)C1CCC(O)C1. The molecule has 0 spiro atoms. The van der Waals surface area contributed by atoms with Crippen LogP contribution in [-0.2, 0) is 0 Å². The second-order valence-electron chi connectivity index (χ2n) is 4.68. The number of nitrogens with zero attached hydrogens (tertiary/aromatic N) is 2. The van der Waals surface area contributed by atoms with Gasteiger partial charge in [0, 0.05) is 18.3 Å². The highest BCUT2D eigenvalue weighted by molar-refractivity contribution is 6.32. The van der Waals surface area contributed by atoms with Crippen molar-refractivity contribution in [3.63, 3.8) is 0 Å². The number of benzene rings is 1. The van der Waals surface area contributed by atoms with Gasteiger partial charge in [0.15, 0.2) is 0 Å². The van der Waals surface area contributed by atoms with Crippen LogP contribution in [0.5, 0.6) is 0 Å². The predicted molar refractivity (Wildman–Crippen MR) is 72.8 cm³/mol. The van der Waals surface area contributed by atoms with Crippen molar-refractivity contribution in [2.24, 2.45) is 0 Å². The molecule has 1 aliphatic rings. The van der Waals surface area contributed by atoms with Crippen LogP contribution < -0.4 is 4.90 Å². The lowest BCUT2D eigenvalue weighted by Gasteiger charge is -2.30. The topological polar surface area (TPSA) is 47.3 Å². The van der Waals surface area contributed by atoms with Crippen molar-refractivity contribution in [3.05, 3.63) is 28.8 Å². The van der Waals surface area contributed by atoms with Gasteiger partial charge in [-0.25, -0.2) is 0 Å². The van der Waals surface area contributed by atoms with Crippen molar-refractivity contribution in [3.8, 4) is 6.07 Å². The molecule has 3 nitrogen and oxygen atoms in total. The van der Waals surface area contributed by atoms with Crippen molar-refractivity contribution in [1.82, 2.24) is 0 Å². The van der Waals surface area contributed by atoms with E-state index in [1.165, 1.54) is 0 Å². The number of rotatable bonds is 3. The number of hydrogen-bond donors (Lipinski definition) is 1. The van der Waals surface area contributed by atoms with Crippen LogP contribution in [0.4, 0.5) is 5.69 Å². The molecule has 2 atom stereocenters. The number of halogens is 1. The Balaban J connectivity index is 2.23. The molecule has 1 fully saturated rings. The minimum Gasteiger partial charge on any atom is -0.393 e. The Labute approximate surface area is 113 Å². The van der Waals surface area contributed by atoms with Gasteiger partial charge in [0.05, 0.1) is 16.7 Å². The van der Waals surface area contributed by atoms with Crippen molar-refractivity contribution in [2.45, 2.75) is 38.3 Å². The third-order valence-electron chi connectivity index (χ3n) is 3.56. The van der Waals surface area contributed by atoms with E-state index in [9.17, 15) is 5.11 Å². The maximum absolute atomic E-state index is 9.63. The Hall–Kier alpha value is -1.24. The molecule has 1 aromatic rings. The fraction of sp³-hybridized carbons (Fsp3) is 0.500. The lowest BCUT2D eigenvalue weighted by atomic mass is 10.1. The van der Waals surface area contributed by atoms with Gasteiger partial charge < -0.3 is 10.0 Å². The second kappa shape index (κ2) is 5.60. The summed E-state index contributed by atoms with van der Waals surface area (Å²) in [7, 11) is 0. The molecule has 1 saturated carbocycles. The summed E-state index contributed by atoms with van der Waals surface area (Å²) in [5.41, 5.74) is 1.53. The van der Waals surface area contributed by atoms with Gasteiger partial charge in [-0.3, -0.25) is 0 Å². The van der Waals surface area contributed by atoms with E-state index in [1.54, 1.807) is 6.07 Å². The van der Waals surface area contributed by atoms with Crippen molar-refractivity contribution in [2.75, 3.05) is 11.4 Å². The summed E-state index contributed by atoms with van der Waals surface area (Å²) in [6.45, 7) is 2.97. The van der Waals surface area contributed by atoms with E-state index in [0.29, 0.717) is 16.6 Å². The fourth-order valence-corrected chi connectivity index (χ4v) is 2.86. The molecule has 0 saturated heterocycles. The number of aliphatic hydroxyl groups excluding tert-OH is 1. The van der Waals surface area contributed by atoms with E-state index >= 15 is 0 Å². The Morgan fingerprint density at radius 2 is 2.28 bits per heavy atom. The Morgan fingerprint density at radius 1 is 1.50 bits per heavy atom. The Kier molecular flexibility index (Phi) is 4.11. The van der Waals surface area contributed by atoms with Gasteiger partial charge in [0.25, 0.3) is 0 Å². The van der Waals surface area contributed by atoms with Gasteiger partial charge >= 0.3 is 0 Å². The summed E-state index contributed by atoms with van der Waals surface area (Å²) in [5, 5.41) is 19.0. The van der Waals surface area contributed by atoms with Crippen LogP contribution in [0, 0.1) is 11.3 Å². The third kappa shape index (κ3) is 2.60. The molecule has 1 aliphatic carbocycles. The van der Waals surface area contributed by atoms with Crippen LogP contribution in [0.3, 0.4) is 0 Å². The van der Waals surface area contributed by atoms with Gasteiger partial charge in [-0.05, 0) is 44.4 Å². The molecule has 18 heavy (non-hydrogen) atoms. The summed E-state index contributed by atoms with van der Waals surface area (Å²) < 4.78 is 0. The average Bonchev–Trinajstić information content (AvgIpc) is 2.77. The van der Waals surface area contributed by atoms with Crippen LogP contribution in [0.2, 0.25) is 5.02 Å². The van der Waals surface area contributed by atoms with Crippen LogP contribution in [0.25, 0.3) is 0 Å². The predicted octanol–water partition coefficient (Wildman–Crippen LogP) is 2.95. The molecule has 1 aromatic carbocycles. The van der Waals surface area contributed by atoms with Crippen LogP contribution >= 0.6 is 11.6 Å². The highest BCUT2D eigenvalue weighted by Gasteiger charge is 2.27.